The maximum Gasteiger partial charge on any atom is 0.416 e. The Balaban J connectivity index is 1.43. The van der Waals surface area contributed by atoms with Gasteiger partial charge in [-0.3, -0.25) is 0 Å². The van der Waals surface area contributed by atoms with E-state index in [9.17, 15) is 31.4 Å². The molecule has 1 heterocycles. The van der Waals surface area contributed by atoms with Crippen LogP contribution in [0.25, 0.3) is 21.7 Å². The van der Waals surface area contributed by atoms with Crippen molar-refractivity contribution in [2.24, 2.45) is 0 Å². The van der Waals surface area contributed by atoms with Crippen molar-refractivity contribution in [2.75, 3.05) is 0 Å². The predicted octanol–water partition coefficient (Wildman–Crippen LogP) is 10.9. The molecule has 0 spiro atoms. The van der Waals surface area contributed by atoms with Crippen LogP contribution in [0.5, 0.6) is 5.75 Å². The Hall–Kier alpha value is -3.76. The minimum Gasteiger partial charge on any atom is -0.508 e. The molecule has 0 saturated carbocycles. The van der Waals surface area contributed by atoms with Gasteiger partial charge in [0.15, 0.2) is 0 Å². The first-order valence-electron chi connectivity index (χ1n) is 13.2. The Morgan fingerprint density at radius 3 is 1.74 bits per heavy atom. The number of phenolic OH excluding ortho intramolecular Hbond substituents is 1. The maximum atomic E-state index is 13.1. The summed E-state index contributed by atoms with van der Waals surface area (Å²) in [6.07, 6.45) is -8.23. The molecule has 1 N–H and O–H groups in total. The fourth-order valence-corrected chi connectivity index (χ4v) is 7.20. The average molecular weight is 630 g/mol. The molecule has 0 radical (unpaired) electrons. The zero-order valence-corrected chi connectivity index (χ0v) is 24.6. The number of benzene rings is 4. The van der Waals surface area contributed by atoms with Gasteiger partial charge in [0.05, 0.1) is 16.8 Å². The lowest BCUT2D eigenvalue weighted by Gasteiger charge is -2.17. The molecule has 0 saturated heterocycles. The molecule has 2 nitrogen and oxygen atoms in total. The molecular weight excluding hydrogens is 604 g/mol. The van der Waals surface area contributed by atoms with Gasteiger partial charge in [-0.2, -0.15) is 26.3 Å². The lowest BCUT2D eigenvalue weighted by molar-refractivity contribution is -0.138. The third kappa shape index (κ3) is 7.25. The van der Waals surface area contributed by atoms with Crippen LogP contribution in [0.2, 0.25) is 0 Å². The largest absolute Gasteiger partial charge is 0.508 e. The molecule has 0 amide bonds. The van der Waals surface area contributed by atoms with Gasteiger partial charge in [-0.15, -0.1) is 23.1 Å². The van der Waals surface area contributed by atoms with E-state index in [2.05, 4.69) is 0 Å². The van der Waals surface area contributed by atoms with E-state index in [-0.39, 0.29) is 11.0 Å². The van der Waals surface area contributed by atoms with Gasteiger partial charge < -0.3 is 5.11 Å². The fourth-order valence-electron chi connectivity index (χ4n) is 4.58. The number of aryl methyl sites for hydroxylation is 2. The Bertz CT molecular complexity index is 1710. The highest BCUT2D eigenvalue weighted by atomic mass is 32.2. The minimum atomic E-state index is -4.42. The molecule has 222 valence electrons. The van der Waals surface area contributed by atoms with E-state index >= 15 is 0 Å². The summed E-state index contributed by atoms with van der Waals surface area (Å²) in [4.78, 5) is 6.60. The van der Waals surface area contributed by atoms with E-state index in [1.165, 1.54) is 35.6 Å². The highest BCUT2D eigenvalue weighted by Gasteiger charge is 2.31. The second-order valence-corrected chi connectivity index (χ2v) is 12.4. The minimum absolute atomic E-state index is 0.110. The second kappa shape index (κ2) is 12.1. The third-order valence-corrected chi connectivity index (χ3v) is 9.63. The molecule has 0 fully saturated rings. The summed E-state index contributed by atoms with van der Waals surface area (Å²) < 4.78 is 78.1. The van der Waals surface area contributed by atoms with Crippen LogP contribution >= 0.6 is 23.1 Å². The number of aromatic hydroxyl groups is 1. The molecule has 0 aliphatic rings. The monoisotopic (exact) mass is 629 g/mol. The number of alkyl halides is 6. The summed E-state index contributed by atoms with van der Waals surface area (Å²) in [6.45, 7) is 3.69. The topological polar surface area (TPSA) is 33.1 Å². The molecule has 5 rings (SSSR count). The van der Waals surface area contributed by atoms with Gasteiger partial charge in [0.1, 0.15) is 10.8 Å². The standard InChI is InChI=1S/C33H25F6NOS2/c1-19-17-27(15-16-28(19)41)42-29(30-20(2)40-31(43-30)24-9-13-26(14-10-24)33(37,38)39)18-21-3-5-22(6-4-21)23-7-11-25(12-8-23)32(34,35)36/h3-17,29,41H,18H2,1-2H3. The molecule has 1 atom stereocenters. The Morgan fingerprint density at radius 2 is 1.23 bits per heavy atom. The number of nitrogens with zero attached hydrogens (tertiary/aromatic N) is 1. The number of thioether (sulfide) groups is 1. The fraction of sp³-hybridized carbons (Fsp3) is 0.182. The van der Waals surface area contributed by atoms with Crippen molar-refractivity contribution >= 4 is 23.1 Å². The van der Waals surface area contributed by atoms with E-state index in [1.807, 2.05) is 50.2 Å². The summed E-state index contributed by atoms with van der Waals surface area (Å²) in [5.74, 6) is 0.193. The van der Waals surface area contributed by atoms with Crippen molar-refractivity contribution in [1.82, 2.24) is 4.98 Å². The zero-order chi connectivity index (χ0) is 30.9. The van der Waals surface area contributed by atoms with Crippen LogP contribution in [-0.2, 0) is 18.8 Å². The Labute approximate surface area is 253 Å². The van der Waals surface area contributed by atoms with Crippen molar-refractivity contribution in [1.29, 1.82) is 0 Å². The Kier molecular flexibility index (Phi) is 8.63. The maximum absolute atomic E-state index is 13.1. The van der Waals surface area contributed by atoms with Crippen LogP contribution in [0.3, 0.4) is 0 Å². The summed E-state index contributed by atoms with van der Waals surface area (Å²) in [6, 6.07) is 23.0. The predicted molar refractivity (Wildman–Crippen MR) is 159 cm³/mol. The molecule has 0 aliphatic heterocycles. The first kappa shape index (κ1) is 30.7. The number of thiazole rings is 1. The molecule has 0 aliphatic carbocycles. The number of rotatable bonds is 7. The molecule has 10 heteroatoms. The molecule has 1 aromatic heterocycles. The summed E-state index contributed by atoms with van der Waals surface area (Å²) in [5.41, 5.74) is 3.13. The van der Waals surface area contributed by atoms with Crippen LogP contribution in [-0.4, -0.2) is 10.1 Å². The highest BCUT2D eigenvalue weighted by molar-refractivity contribution is 7.99. The molecular formula is C33H25F6NOS2. The van der Waals surface area contributed by atoms with Gasteiger partial charge in [-0.05, 0) is 85.0 Å². The van der Waals surface area contributed by atoms with Crippen LogP contribution in [0.15, 0.2) is 95.9 Å². The average Bonchev–Trinajstić information content (AvgIpc) is 3.35. The van der Waals surface area contributed by atoms with Crippen molar-refractivity contribution in [3.05, 3.63) is 124 Å². The summed E-state index contributed by atoms with van der Waals surface area (Å²) in [7, 11) is 0. The summed E-state index contributed by atoms with van der Waals surface area (Å²) >= 11 is 3.03. The van der Waals surface area contributed by atoms with Crippen LogP contribution < -0.4 is 0 Å². The van der Waals surface area contributed by atoms with Crippen LogP contribution in [0.1, 0.15) is 38.1 Å². The summed E-state index contributed by atoms with van der Waals surface area (Å²) in [5, 5.41) is 10.5. The smallest absolute Gasteiger partial charge is 0.416 e. The Morgan fingerprint density at radius 1 is 0.721 bits per heavy atom. The van der Waals surface area contributed by atoms with Gasteiger partial charge in [-0.1, -0.05) is 48.5 Å². The van der Waals surface area contributed by atoms with Gasteiger partial charge in [0.25, 0.3) is 0 Å². The zero-order valence-electron chi connectivity index (χ0n) is 22.9. The highest BCUT2D eigenvalue weighted by Crippen LogP contribution is 2.44. The van der Waals surface area contributed by atoms with Crippen LogP contribution in [0, 0.1) is 13.8 Å². The van der Waals surface area contributed by atoms with Gasteiger partial charge in [0, 0.05) is 20.6 Å². The van der Waals surface area contributed by atoms with E-state index in [0.717, 1.165) is 56.4 Å². The number of hydrogen-bond acceptors (Lipinski definition) is 4. The quantitative estimate of drug-likeness (QED) is 0.144. The van der Waals surface area contributed by atoms with E-state index < -0.39 is 23.5 Å². The van der Waals surface area contributed by atoms with E-state index in [1.54, 1.807) is 17.8 Å². The molecule has 1 unspecified atom stereocenters. The molecule has 43 heavy (non-hydrogen) atoms. The van der Waals surface area contributed by atoms with Gasteiger partial charge >= 0.3 is 12.4 Å². The number of phenols is 1. The van der Waals surface area contributed by atoms with Crippen molar-refractivity contribution in [2.45, 2.75) is 42.8 Å². The number of hydrogen-bond donors (Lipinski definition) is 1. The lowest BCUT2D eigenvalue weighted by Crippen LogP contribution is -2.04. The lowest BCUT2D eigenvalue weighted by atomic mass is 10.0. The molecule has 4 aromatic carbocycles. The van der Waals surface area contributed by atoms with Gasteiger partial charge in [-0.25, -0.2) is 4.98 Å². The first-order chi connectivity index (χ1) is 20.3. The second-order valence-electron chi connectivity index (χ2n) is 10.1. The SMILES string of the molecule is Cc1cc(SC(Cc2ccc(-c3ccc(C(F)(F)F)cc3)cc2)c2sc(-c3ccc(C(F)(F)F)cc3)nc2C)ccc1O. The number of halogens is 6. The first-order valence-corrected chi connectivity index (χ1v) is 14.9. The van der Waals surface area contributed by atoms with E-state index in [4.69, 9.17) is 4.98 Å². The molecule has 0 bridgehead atoms. The van der Waals surface area contributed by atoms with Crippen LogP contribution in [0.4, 0.5) is 26.3 Å². The third-order valence-electron chi connectivity index (χ3n) is 6.95. The number of aromatic nitrogens is 1. The van der Waals surface area contributed by atoms with Crippen molar-refractivity contribution < 1.29 is 31.4 Å². The van der Waals surface area contributed by atoms with Gasteiger partial charge in [0.2, 0.25) is 0 Å². The normalized spacial score (nSPS) is 12.8. The van der Waals surface area contributed by atoms with Crippen molar-refractivity contribution in [3.63, 3.8) is 0 Å². The van der Waals surface area contributed by atoms with E-state index in [0.29, 0.717) is 22.6 Å². The molecule has 5 aromatic rings. The van der Waals surface area contributed by atoms with Crippen molar-refractivity contribution in [3.8, 4) is 27.4 Å².